The average molecular weight is 380 g/mol. The van der Waals surface area contributed by atoms with Crippen LogP contribution in [0.3, 0.4) is 0 Å². The first kappa shape index (κ1) is 19.2. The van der Waals surface area contributed by atoms with E-state index in [4.69, 9.17) is 5.11 Å². The van der Waals surface area contributed by atoms with Gasteiger partial charge in [-0.15, -0.1) is 0 Å². The Bertz CT molecular complexity index is 224. The average Bonchev–Trinajstić information content (AvgIpc) is 2.29. The summed E-state index contributed by atoms with van der Waals surface area (Å²) in [5, 5.41) is 8.19. The van der Waals surface area contributed by atoms with Crippen LogP contribution in [0.25, 0.3) is 0 Å². The van der Waals surface area contributed by atoms with Gasteiger partial charge >= 0.3 is 11.9 Å². The van der Waals surface area contributed by atoms with Gasteiger partial charge in [-0.25, -0.2) is 0 Å². The van der Waals surface area contributed by atoms with Crippen molar-refractivity contribution in [1.82, 2.24) is 0 Å². The molecule has 0 radical (unpaired) electrons. The number of aliphatic carboxylic acids is 1. The lowest BCUT2D eigenvalue weighted by Crippen LogP contribution is -2.20. The SMILES string of the molecule is COCC(Br)C(=O)O.COCC(Br)C(=O)OC. The van der Waals surface area contributed by atoms with Crippen LogP contribution in [0.4, 0.5) is 0 Å². The van der Waals surface area contributed by atoms with E-state index in [0.29, 0.717) is 6.61 Å². The zero-order chi connectivity index (χ0) is 13.8. The summed E-state index contributed by atoms with van der Waals surface area (Å²) in [6.07, 6.45) is 0. The molecule has 0 aliphatic heterocycles. The number of hydrogen-bond acceptors (Lipinski definition) is 5. The normalized spacial score (nSPS) is 13.0. The second-order valence-electron chi connectivity index (χ2n) is 2.71. The molecule has 102 valence electrons. The van der Waals surface area contributed by atoms with Gasteiger partial charge in [0.15, 0.2) is 0 Å². The lowest BCUT2D eigenvalue weighted by molar-refractivity contribution is -0.140. The number of carbonyl (C=O) groups excluding carboxylic acids is 1. The van der Waals surface area contributed by atoms with Gasteiger partial charge in [0.05, 0.1) is 20.3 Å². The second kappa shape index (κ2) is 12.3. The molecule has 8 heteroatoms. The van der Waals surface area contributed by atoms with Crippen LogP contribution in [0.1, 0.15) is 0 Å². The minimum atomic E-state index is -0.896. The fourth-order valence-electron chi connectivity index (χ4n) is 0.560. The van der Waals surface area contributed by atoms with Crippen LogP contribution in [0.15, 0.2) is 0 Å². The summed E-state index contributed by atoms with van der Waals surface area (Å²) in [6, 6.07) is 0. The molecule has 0 aliphatic rings. The molecule has 1 N–H and O–H groups in total. The minimum absolute atomic E-state index is 0.204. The maximum atomic E-state index is 10.6. The number of methoxy groups -OCH3 is 3. The summed E-state index contributed by atoms with van der Waals surface area (Å²) in [5.74, 6) is -1.20. The smallest absolute Gasteiger partial charge is 0.321 e. The first-order chi connectivity index (χ1) is 7.90. The number of carboxylic acids is 1. The van der Waals surface area contributed by atoms with Gasteiger partial charge in [0.1, 0.15) is 9.65 Å². The Balaban J connectivity index is 0. The predicted octanol–water partition coefficient (Wildman–Crippen LogP) is 1.05. The van der Waals surface area contributed by atoms with Crippen molar-refractivity contribution < 1.29 is 28.9 Å². The summed E-state index contributed by atoms with van der Waals surface area (Å²) < 4.78 is 13.6. The van der Waals surface area contributed by atoms with E-state index in [0.717, 1.165) is 0 Å². The summed E-state index contributed by atoms with van der Waals surface area (Å²) in [7, 11) is 4.32. The Hall–Kier alpha value is -0.180. The summed E-state index contributed by atoms with van der Waals surface area (Å²) in [5.41, 5.74) is 0. The summed E-state index contributed by atoms with van der Waals surface area (Å²) in [4.78, 5) is 19.6. The Morgan fingerprint density at radius 2 is 1.47 bits per heavy atom. The Kier molecular flexibility index (Phi) is 13.8. The highest BCUT2D eigenvalue weighted by atomic mass is 79.9. The van der Waals surface area contributed by atoms with Crippen molar-refractivity contribution in [2.75, 3.05) is 34.5 Å². The fraction of sp³-hybridized carbons (Fsp3) is 0.778. The van der Waals surface area contributed by atoms with Crippen LogP contribution in [-0.4, -0.2) is 61.2 Å². The Labute approximate surface area is 117 Å². The van der Waals surface area contributed by atoms with Crippen molar-refractivity contribution in [2.24, 2.45) is 0 Å². The van der Waals surface area contributed by atoms with Crippen molar-refractivity contribution in [3.8, 4) is 0 Å². The molecular formula is C9H16Br2O6. The number of rotatable bonds is 6. The van der Waals surface area contributed by atoms with E-state index in [-0.39, 0.29) is 17.4 Å². The number of esters is 1. The number of alkyl halides is 2. The highest BCUT2D eigenvalue weighted by Gasteiger charge is 2.13. The molecule has 0 aromatic rings. The molecule has 0 rings (SSSR count). The molecule has 2 unspecified atom stereocenters. The van der Waals surface area contributed by atoms with Crippen LogP contribution >= 0.6 is 31.9 Å². The highest BCUT2D eigenvalue weighted by Crippen LogP contribution is 2.00. The molecule has 0 bridgehead atoms. The van der Waals surface area contributed by atoms with E-state index in [1.54, 1.807) is 0 Å². The maximum Gasteiger partial charge on any atom is 0.321 e. The third kappa shape index (κ3) is 12.1. The molecule has 0 fully saturated rings. The number of halogens is 2. The molecule has 2 atom stereocenters. The van der Waals surface area contributed by atoms with E-state index in [1.165, 1.54) is 21.3 Å². The molecule has 0 saturated carbocycles. The molecular weight excluding hydrogens is 364 g/mol. The summed E-state index contributed by atoms with van der Waals surface area (Å²) >= 11 is 5.94. The van der Waals surface area contributed by atoms with Crippen molar-refractivity contribution in [2.45, 2.75) is 9.65 Å². The van der Waals surface area contributed by atoms with Gasteiger partial charge in [-0.1, -0.05) is 31.9 Å². The molecule has 0 aromatic heterocycles. The maximum absolute atomic E-state index is 10.6. The lowest BCUT2D eigenvalue weighted by atomic mass is 10.5. The molecule has 17 heavy (non-hydrogen) atoms. The summed E-state index contributed by atoms with van der Waals surface area (Å²) in [6.45, 7) is 0.544. The lowest BCUT2D eigenvalue weighted by Gasteiger charge is -2.03. The van der Waals surface area contributed by atoms with Gasteiger partial charge in [0.2, 0.25) is 0 Å². The zero-order valence-electron chi connectivity index (χ0n) is 9.81. The van der Waals surface area contributed by atoms with Crippen molar-refractivity contribution in [3.05, 3.63) is 0 Å². The molecule has 0 aromatic carbocycles. The van der Waals surface area contributed by atoms with Crippen LogP contribution in [0.2, 0.25) is 0 Å². The second-order valence-corrected chi connectivity index (χ2v) is 4.92. The van der Waals surface area contributed by atoms with E-state index >= 15 is 0 Å². The van der Waals surface area contributed by atoms with Crippen LogP contribution in [-0.2, 0) is 23.8 Å². The van der Waals surface area contributed by atoms with Crippen LogP contribution in [0, 0.1) is 0 Å². The van der Waals surface area contributed by atoms with Crippen LogP contribution in [0.5, 0.6) is 0 Å². The molecule has 6 nitrogen and oxygen atoms in total. The van der Waals surface area contributed by atoms with Crippen molar-refractivity contribution >= 4 is 43.8 Å². The third-order valence-corrected chi connectivity index (χ3v) is 2.65. The van der Waals surface area contributed by atoms with Crippen molar-refractivity contribution in [1.29, 1.82) is 0 Å². The number of carbonyl (C=O) groups is 2. The largest absolute Gasteiger partial charge is 0.480 e. The molecule has 0 spiro atoms. The predicted molar refractivity (Wildman–Crippen MR) is 68.8 cm³/mol. The first-order valence-electron chi connectivity index (χ1n) is 4.47. The van der Waals surface area contributed by atoms with Gasteiger partial charge in [-0.05, 0) is 0 Å². The van der Waals surface area contributed by atoms with Gasteiger partial charge < -0.3 is 19.3 Å². The van der Waals surface area contributed by atoms with Crippen LogP contribution < -0.4 is 0 Å². The Morgan fingerprint density at radius 3 is 1.71 bits per heavy atom. The number of hydrogen-bond donors (Lipinski definition) is 1. The third-order valence-electron chi connectivity index (χ3n) is 1.35. The topological polar surface area (TPSA) is 82.1 Å². The highest BCUT2D eigenvalue weighted by molar-refractivity contribution is 9.10. The first-order valence-corrected chi connectivity index (χ1v) is 6.30. The molecule has 0 heterocycles. The number of ether oxygens (including phenoxy) is 3. The number of carboxylic acid groups (broad SMARTS) is 1. The zero-order valence-corrected chi connectivity index (χ0v) is 13.0. The molecule has 0 amide bonds. The monoisotopic (exact) mass is 378 g/mol. The van der Waals surface area contributed by atoms with Gasteiger partial charge in [0.25, 0.3) is 0 Å². The fourth-order valence-corrected chi connectivity index (χ4v) is 1.28. The van der Waals surface area contributed by atoms with Gasteiger partial charge in [-0.3, -0.25) is 9.59 Å². The Morgan fingerprint density at radius 1 is 1.06 bits per heavy atom. The van der Waals surface area contributed by atoms with E-state index in [9.17, 15) is 9.59 Å². The minimum Gasteiger partial charge on any atom is -0.480 e. The molecule has 0 saturated heterocycles. The van der Waals surface area contributed by atoms with E-state index < -0.39 is 10.8 Å². The molecule has 0 aliphatic carbocycles. The van der Waals surface area contributed by atoms with Crippen molar-refractivity contribution in [3.63, 3.8) is 0 Å². The quantitative estimate of drug-likeness (QED) is 0.548. The van der Waals surface area contributed by atoms with E-state index in [1.807, 2.05) is 0 Å². The standard InChI is InChI=1S/C5H9BrO3.C4H7BrO3/c1-8-3-4(6)5(7)9-2;1-8-2-3(5)4(6)7/h4H,3H2,1-2H3;3H,2H2,1H3,(H,6,7). The van der Waals surface area contributed by atoms with Gasteiger partial charge in [-0.2, -0.15) is 0 Å². The van der Waals surface area contributed by atoms with Gasteiger partial charge in [0, 0.05) is 14.2 Å². The van der Waals surface area contributed by atoms with E-state index in [2.05, 4.69) is 46.1 Å².